The second kappa shape index (κ2) is 8.99. The first kappa shape index (κ1) is 17.9. The maximum absolute atomic E-state index is 13.3. The molecule has 0 aliphatic rings. The number of carbonyl (C=O) groups excluding carboxylic acids is 1. The standard InChI is InChI=1S/C15H21FN2O4/c1-17(8-7-15(20)21)11-14(19)18(2)9-10-22-13-6-4-3-5-12(13)16/h3-6H,7-11H2,1-2H3,(H,20,21). The minimum atomic E-state index is -0.897. The summed E-state index contributed by atoms with van der Waals surface area (Å²) in [5, 5.41) is 8.58. The average molecular weight is 312 g/mol. The number of para-hydroxylation sites is 1. The van der Waals surface area contributed by atoms with Gasteiger partial charge in [-0.2, -0.15) is 0 Å². The molecule has 122 valence electrons. The van der Waals surface area contributed by atoms with E-state index in [1.807, 2.05) is 0 Å². The molecular formula is C15H21FN2O4. The van der Waals surface area contributed by atoms with Crippen molar-refractivity contribution in [2.45, 2.75) is 6.42 Å². The Morgan fingerprint density at radius 2 is 1.91 bits per heavy atom. The van der Waals surface area contributed by atoms with E-state index in [0.29, 0.717) is 13.1 Å². The number of likely N-dealkylation sites (N-methyl/N-ethyl adjacent to an activating group) is 2. The largest absolute Gasteiger partial charge is 0.489 e. The van der Waals surface area contributed by atoms with Crippen molar-refractivity contribution in [3.05, 3.63) is 30.1 Å². The minimum Gasteiger partial charge on any atom is -0.489 e. The molecule has 1 N–H and O–H groups in total. The van der Waals surface area contributed by atoms with Gasteiger partial charge in [-0.3, -0.25) is 14.5 Å². The lowest BCUT2D eigenvalue weighted by atomic mass is 10.3. The molecule has 0 saturated heterocycles. The summed E-state index contributed by atoms with van der Waals surface area (Å²) < 4.78 is 18.6. The van der Waals surface area contributed by atoms with E-state index < -0.39 is 11.8 Å². The quantitative estimate of drug-likeness (QED) is 0.738. The van der Waals surface area contributed by atoms with Crippen molar-refractivity contribution in [1.82, 2.24) is 9.80 Å². The normalized spacial score (nSPS) is 10.5. The molecule has 1 aromatic carbocycles. The highest BCUT2D eigenvalue weighted by molar-refractivity contribution is 5.78. The number of nitrogens with zero attached hydrogens (tertiary/aromatic N) is 2. The van der Waals surface area contributed by atoms with Crippen LogP contribution < -0.4 is 4.74 Å². The van der Waals surface area contributed by atoms with Gasteiger partial charge in [0.15, 0.2) is 11.6 Å². The van der Waals surface area contributed by atoms with Gasteiger partial charge in [-0.1, -0.05) is 12.1 Å². The fourth-order valence-corrected chi connectivity index (χ4v) is 1.70. The van der Waals surface area contributed by atoms with Crippen LogP contribution in [0.1, 0.15) is 6.42 Å². The van der Waals surface area contributed by atoms with Gasteiger partial charge in [-0.05, 0) is 19.2 Å². The Hall–Kier alpha value is -2.15. The van der Waals surface area contributed by atoms with Gasteiger partial charge in [0.25, 0.3) is 0 Å². The van der Waals surface area contributed by atoms with E-state index in [2.05, 4.69) is 0 Å². The monoisotopic (exact) mass is 312 g/mol. The second-order valence-corrected chi connectivity index (χ2v) is 4.98. The molecule has 0 unspecified atom stereocenters. The summed E-state index contributed by atoms with van der Waals surface area (Å²) in [4.78, 5) is 25.5. The molecule has 6 nitrogen and oxygen atoms in total. The number of hydrogen-bond donors (Lipinski definition) is 1. The zero-order chi connectivity index (χ0) is 16.5. The molecule has 0 fully saturated rings. The maximum Gasteiger partial charge on any atom is 0.304 e. The number of rotatable bonds is 9. The van der Waals surface area contributed by atoms with Crippen LogP contribution in [0.4, 0.5) is 4.39 Å². The van der Waals surface area contributed by atoms with E-state index in [0.717, 1.165) is 0 Å². The Bertz CT molecular complexity index is 510. The summed E-state index contributed by atoms with van der Waals surface area (Å²) in [7, 11) is 3.31. The van der Waals surface area contributed by atoms with Crippen LogP contribution in [0.15, 0.2) is 24.3 Å². The van der Waals surface area contributed by atoms with E-state index in [-0.39, 0.29) is 31.2 Å². The molecule has 0 heterocycles. The van der Waals surface area contributed by atoms with Crippen molar-refractivity contribution in [2.75, 3.05) is 40.3 Å². The Labute approximate surface area is 129 Å². The zero-order valence-corrected chi connectivity index (χ0v) is 12.8. The first-order chi connectivity index (χ1) is 10.4. The lowest BCUT2D eigenvalue weighted by Crippen LogP contribution is -2.39. The third-order valence-corrected chi connectivity index (χ3v) is 3.06. The molecule has 0 radical (unpaired) electrons. The molecule has 7 heteroatoms. The van der Waals surface area contributed by atoms with E-state index in [4.69, 9.17) is 9.84 Å². The van der Waals surface area contributed by atoms with Crippen LogP contribution in [0, 0.1) is 5.82 Å². The van der Waals surface area contributed by atoms with Crippen molar-refractivity contribution in [3.63, 3.8) is 0 Å². The molecule has 1 amide bonds. The molecule has 1 rings (SSSR count). The van der Waals surface area contributed by atoms with Crippen molar-refractivity contribution in [1.29, 1.82) is 0 Å². The van der Waals surface area contributed by atoms with Crippen molar-refractivity contribution >= 4 is 11.9 Å². The Kier molecular flexibility index (Phi) is 7.31. The smallest absolute Gasteiger partial charge is 0.304 e. The fraction of sp³-hybridized carbons (Fsp3) is 0.467. The van der Waals surface area contributed by atoms with Gasteiger partial charge in [-0.15, -0.1) is 0 Å². The number of amides is 1. The predicted octanol–water partition coefficient (Wildman–Crippen LogP) is 1.07. The Balaban J connectivity index is 2.29. The van der Waals surface area contributed by atoms with Crippen LogP contribution in [0.2, 0.25) is 0 Å². The van der Waals surface area contributed by atoms with Gasteiger partial charge in [-0.25, -0.2) is 4.39 Å². The number of hydrogen-bond acceptors (Lipinski definition) is 4. The van der Waals surface area contributed by atoms with E-state index >= 15 is 0 Å². The number of carbonyl (C=O) groups is 2. The second-order valence-electron chi connectivity index (χ2n) is 4.98. The van der Waals surface area contributed by atoms with E-state index in [9.17, 15) is 14.0 Å². The van der Waals surface area contributed by atoms with E-state index in [1.54, 1.807) is 31.1 Å². The Morgan fingerprint density at radius 3 is 2.55 bits per heavy atom. The highest BCUT2D eigenvalue weighted by Gasteiger charge is 2.12. The van der Waals surface area contributed by atoms with Gasteiger partial charge >= 0.3 is 5.97 Å². The lowest BCUT2D eigenvalue weighted by molar-refractivity contribution is -0.138. The van der Waals surface area contributed by atoms with Crippen molar-refractivity contribution < 1.29 is 23.8 Å². The summed E-state index contributed by atoms with van der Waals surface area (Å²) >= 11 is 0. The number of carboxylic acid groups (broad SMARTS) is 1. The van der Waals surface area contributed by atoms with Crippen LogP contribution in [-0.4, -0.2) is 67.1 Å². The molecule has 0 aliphatic carbocycles. The van der Waals surface area contributed by atoms with Gasteiger partial charge in [0, 0.05) is 13.6 Å². The topological polar surface area (TPSA) is 70.1 Å². The van der Waals surface area contributed by atoms with Crippen LogP contribution in [0.5, 0.6) is 5.75 Å². The van der Waals surface area contributed by atoms with Gasteiger partial charge in [0.2, 0.25) is 5.91 Å². The molecule has 0 atom stereocenters. The molecule has 0 aliphatic heterocycles. The molecule has 22 heavy (non-hydrogen) atoms. The minimum absolute atomic E-state index is 0.0100. The van der Waals surface area contributed by atoms with Gasteiger partial charge in [0.1, 0.15) is 6.61 Å². The SMILES string of the molecule is CN(CCC(=O)O)CC(=O)N(C)CCOc1ccccc1F. The number of benzene rings is 1. The first-order valence-electron chi connectivity index (χ1n) is 6.91. The molecule has 0 bridgehead atoms. The zero-order valence-electron chi connectivity index (χ0n) is 12.8. The van der Waals surface area contributed by atoms with Crippen molar-refractivity contribution in [2.24, 2.45) is 0 Å². The number of ether oxygens (including phenoxy) is 1. The summed E-state index contributed by atoms with van der Waals surface area (Å²) in [6, 6.07) is 6.08. The lowest BCUT2D eigenvalue weighted by Gasteiger charge is -2.21. The summed E-state index contributed by atoms with van der Waals surface area (Å²) in [6.07, 6.45) is -0.0100. The summed E-state index contributed by atoms with van der Waals surface area (Å²) in [6.45, 7) is 0.937. The third kappa shape index (κ3) is 6.53. The Morgan fingerprint density at radius 1 is 1.23 bits per heavy atom. The fourth-order valence-electron chi connectivity index (χ4n) is 1.70. The van der Waals surface area contributed by atoms with Crippen LogP contribution in [0.25, 0.3) is 0 Å². The van der Waals surface area contributed by atoms with Crippen molar-refractivity contribution in [3.8, 4) is 5.75 Å². The molecule has 0 spiro atoms. The van der Waals surface area contributed by atoms with Crippen LogP contribution in [0.3, 0.4) is 0 Å². The third-order valence-electron chi connectivity index (χ3n) is 3.06. The van der Waals surface area contributed by atoms with Gasteiger partial charge < -0.3 is 14.7 Å². The van der Waals surface area contributed by atoms with E-state index in [1.165, 1.54) is 17.0 Å². The number of halogens is 1. The summed E-state index contributed by atoms with van der Waals surface area (Å²) in [5.74, 6) is -1.33. The molecular weight excluding hydrogens is 291 g/mol. The molecule has 1 aromatic rings. The van der Waals surface area contributed by atoms with Crippen LogP contribution >= 0.6 is 0 Å². The molecule has 0 saturated carbocycles. The first-order valence-corrected chi connectivity index (χ1v) is 6.91. The maximum atomic E-state index is 13.3. The molecule has 0 aromatic heterocycles. The summed E-state index contributed by atoms with van der Waals surface area (Å²) in [5.41, 5.74) is 0. The van der Waals surface area contributed by atoms with Crippen LogP contribution in [-0.2, 0) is 9.59 Å². The average Bonchev–Trinajstić information content (AvgIpc) is 2.47. The number of aliphatic carboxylic acids is 1. The predicted molar refractivity (Wildman–Crippen MR) is 79.3 cm³/mol. The number of carboxylic acids is 1. The highest BCUT2D eigenvalue weighted by Crippen LogP contribution is 2.14. The van der Waals surface area contributed by atoms with Gasteiger partial charge in [0.05, 0.1) is 19.5 Å². The highest BCUT2D eigenvalue weighted by atomic mass is 19.1.